The Labute approximate surface area is 105 Å². The number of hydrogen-bond donors (Lipinski definition) is 2. The predicted octanol–water partition coefficient (Wildman–Crippen LogP) is 2.81. The number of rotatable bonds is 2. The predicted molar refractivity (Wildman–Crippen MR) is 68.6 cm³/mol. The maximum Gasteiger partial charge on any atom is 0.339 e. The normalized spacial score (nSPS) is 10.6. The Balaban J connectivity index is 2.59. The molecule has 1 aromatic heterocycles. The lowest BCUT2D eigenvalue weighted by Gasteiger charge is -2.11. The number of nitrogens with zero attached hydrogens (tertiary/aromatic N) is 1. The maximum atomic E-state index is 10.8. The van der Waals surface area contributed by atoms with Crippen molar-refractivity contribution in [2.75, 3.05) is 0 Å². The van der Waals surface area contributed by atoms with Gasteiger partial charge in [-0.25, -0.2) is 4.79 Å². The molecule has 4 heteroatoms. The van der Waals surface area contributed by atoms with E-state index in [9.17, 15) is 9.90 Å². The van der Waals surface area contributed by atoms with Crippen LogP contribution in [-0.2, 0) is 0 Å². The topological polar surface area (TPSA) is 62.5 Å². The molecule has 94 valence electrons. The van der Waals surface area contributed by atoms with Gasteiger partial charge in [-0.05, 0) is 44.5 Å². The lowest BCUT2D eigenvalue weighted by molar-refractivity contribution is 0.0694. The molecule has 2 N–H and O–H groups in total. The third-order valence-corrected chi connectivity index (χ3v) is 3.15. The summed E-state index contributed by atoms with van der Waals surface area (Å²) in [6.45, 7) is 5.98. The summed E-state index contributed by atoms with van der Waals surface area (Å²) < 4.78 is 1.99. The smallest absolute Gasteiger partial charge is 0.339 e. The minimum absolute atomic E-state index is 0.0852. The highest BCUT2D eigenvalue weighted by atomic mass is 16.4. The van der Waals surface area contributed by atoms with E-state index in [1.807, 2.05) is 25.3 Å². The average Bonchev–Trinajstić information content (AvgIpc) is 2.52. The van der Waals surface area contributed by atoms with Crippen LogP contribution in [0.5, 0.6) is 5.75 Å². The summed E-state index contributed by atoms with van der Waals surface area (Å²) in [7, 11) is 0. The molecule has 0 radical (unpaired) electrons. The average molecular weight is 245 g/mol. The van der Waals surface area contributed by atoms with Crippen LogP contribution in [0.3, 0.4) is 0 Å². The zero-order valence-corrected chi connectivity index (χ0v) is 10.6. The number of aryl methyl sites for hydroxylation is 2. The van der Waals surface area contributed by atoms with Crippen molar-refractivity contribution in [1.29, 1.82) is 0 Å². The van der Waals surface area contributed by atoms with Gasteiger partial charge in [0.15, 0.2) is 0 Å². The van der Waals surface area contributed by atoms with Crippen molar-refractivity contribution in [2.45, 2.75) is 20.8 Å². The zero-order valence-electron chi connectivity index (χ0n) is 10.6. The van der Waals surface area contributed by atoms with Crippen molar-refractivity contribution >= 4 is 5.97 Å². The van der Waals surface area contributed by atoms with Gasteiger partial charge in [-0.2, -0.15) is 0 Å². The van der Waals surface area contributed by atoms with E-state index < -0.39 is 5.97 Å². The van der Waals surface area contributed by atoms with Gasteiger partial charge < -0.3 is 14.8 Å². The number of carboxylic acids is 1. The molecule has 1 aromatic carbocycles. The lowest BCUT2D eigenvalue weighted by Crippen LogP contribution is -2.02. The molecule has 0 unspecified atom stereocenters. The summed E-state index contributed by atoms with van der Waals surface area (Å²) >= 11 is 0. The van der Waals surface area contributed by atoms with Crippen molar-refractivity contribution in [3.63, 3.8) is 0 Å². The molecule has 0 fully saturated rings. The van der Waals surface area contributed by atoms with Gasteiger partial charge in [0, 0.05) is 23.1 Å². The standard InChI is InChI=1S/C14H15NO3/c1-8-6-9(2)15(10(8)3)11-4-5-12(14(17)18)13(16)7-11/h4-7,16H,1-3H3,(H,17,18). The number of phenols is 1. The largest absolute Gasteiger partial charge is 0.507 e. The fraction of sp³-hybridized carbons (Fsp3) is 0.214. The molecule has 18 heavy (non-hydrogen) atoms. The Kier molecular flexibility index (Phi) is 2.87. The number of carbonyl (C=O) groups is 1. The van der Waals surface area contributed by atoms with E-state index in [4.69, 9.17) is 5.11 Å². The summed E-state index contributed by atoms with van der Waals surface area (Å²) in [6, 6.07) is 6.64. The van der Waals surface area contributed by atoms with Crippen LogP contribution in [0.15, 0.2) is 24.3 Å². The first-order valence-electron chi connectivity index (χ1n) is 5.64. The third-order valence-electron chi connectivity index (χ3n) is 3.15. The van der Waals surface area contributed by atoms with Crippen LogP contribution in [0.1, 0.15) is 27.3 Å². The highest BCUT2D eigenvalue weighted by Crippen LogP contribution is 2.25. The maximum absolute atomic E-state index is 10.8. The Morgan fingerprint density at radius 3 is 2.28 bits per heavy atom. The van der Waals surface area contributed by atoms with Gasteiger partial charge in [-0.3, -0.25) is 0 Å². The number of carboxylic acid groups (broad SMARTS) is 1. The third kappa shape index (κ3) is 1.86. The molecule has 0 aliphatic heterocycles. The second-order valence-corrected chi connectivity index (χ2v) is 4.40. The molecule has 4 nitrogen and oxygen atoms in total. The second kappa shape index (κ2) is 4.22. The first kappa shape index (κ1) is 12.2. The van der Waals surface area contributed by atoms with E-state index in [1.54, 1.807) is 6.07 Å². The molecule has 0 aliphatic carbocycles. The van der Waals surface area contributed by atoms with Crippen LogP contribution in [0, 0.1) is 20.8 Å². The van der Waals surface area contributed by atoms with Crippen LogP contribution in [-0.4, -0.2) is 20.7 Å². The van der Waals surface area contributed by atoms with Gasteiger partial charge in [-0.15, -0.1) is 0 Å². The van der Waals surface area contributed by atoms with Gasteiger partial charge in [0.2, 0.25) is 0 Å². The highest BCUT2D eigenvalue weighted by Gasteiger charge is 2.13. The molecular formula is C14H15NO3. The van der Waals surface area contributed by atoms with E-state index in [0.717, 1.165) is 22.6 Å². The molecule has 0 bridgehead atoms. The van der Waals surface area contributed by atoms with Crippen molar-refractivity contribution in [2.24, 2.45) is 0 Å². The highest BCUT2D eigenvalue weighted by molar-refractivity contribution is 5.91. The van der Waals surface area contributed by atoms with Gasteiger partial charge in [0.1, 0.15) is 11.3 Å². The fourth-order valence-corrected chi connectivity index (χ4v) is 2.16. The Bertz CT molecular complexity index is 626. The molecule has 2 aromatic rings. The van der Waals surface area contributed by atoms with E-state index in [-0.39, 0.29) is 11.3 Å². The van der Waals surface area contributed by atoms with E-state index in [2.05, 4.69) is 6.07 Å². The van der Waals surface area contributed by atoms with Crippen molar-refractivity contribution in [3.05, 3.63) is 46.8 Å². The number of hydrogen-bond acceptors (Lipinski definition) is 2. The van der Waals surface area contributed by atoms with Crippen LogP contribution in [0.4, 0.5) is 0 Å². The zero-order chi connectivity index (χ0) is 13.4. The van der Waals surface area contributed by atoms with Gasteiger partial charge in [0.05, 0.1) is 0 Å². The molecule has 0 aliphatic rings. The summed E-state index contributed by atoms with van der Waals surface area (Å²) in [5.41, 5.74) is 3.97. The molecule has 0 atom stereocenters. The van der Waals surface area contributed by atoms with Gasteiger partial charge >= 0.3 is 5.97 Å². The SMILES string of the molecule is Cc1cc(C)n(-c2ccc(C(=O)O)c(O)c2)c1C. The molecular weight excluding hydrogens is 230 g/mol. The Morgan fingerprint density at radius 2 is 1.83 bits per heavy atom. The van der Waals surface area contributed by atoms with Crippen LogP contribution >= 0.6 is 0 Å². The first-order valence-corrected chi connectivity index (χ1v) is 5.64. The van der Waals surface area contributed by atoms with Gasteiger partial charge in [0.25, 0.3) is 0 Å². The lowest BCUT2D eigenvalue weighted by atomic mass is 10.1. The van der Waals surface area contributed by atoms with E-state index in [0.29, 0.717) is 0 Å². The Morgan fingerprint density at radius 1 is 1.17 bits per heavy atom. The molecule has 1 heterocycles. The molecule has 0 amide bonds. The fourth-order valence-electron chi connectivity index (χ4n) is 2.16. The number of aromatic hydroxyl groups is 1. The van der Waals surface area contributed by atoms with Crippen molar-refractivity contribution in [1.82, 2.24) is 4.57 Å². The molecule has 0 saturated heterocycles. The van der Waals surface area contributed by atoms with Crippen molar-refractivity contribution in [3.8, 4) is 11.4 Å². The number of aromatic nitrogens is 1. The van der Waals surface area contributed by atoms with Gasteiger partial charge in [-0.1, -0.05) is 0 Å². The quantitative estimate of drug-likeness (QED) is 0.855. The van der Waals surface area contributed by atoms with E-state index >= 15 is 0 Å². The Hall–Kier alpha value is -2.23. The summed E-state index contributed by atoms with van der Waals surface area (Å²) in [6.07, 6.45) is 0. The molecule has 2 rings (SSSR count). The monoisotopic (exact) mass is 245 g/mol. The molecule has 0 saturated carbocycles. The van der Waals surface area contributed by atoms with Crippen LogP contribution < -0.4 is 0 Å². The number of benzene rings is 1. The summed E-state index contributed by atoms with van der Waals surface area (Å²) in [4.78, 5) is 10.8. The minimum atomic E-state index is -1.13. The second-order valence-electron chi connectivity index (χ2n) is 4.40. The van der Waals surface area contributed by atoms with Crippen LogP contribution in [0.2, 0.25) is 0 Å². The minimum Gasteiger partial charge on any atom is -0.507 e. The number of aromatic carboxylic acids is 1. The summed E-state index contributed by atoms with van der Waals surface area (Å²) in [5.74, 6) is -1.35. The first-order chi connectivity index (χ1) is 8.41. The summed E-state index contributed by atoms with van der Waals surface area (Å²) in [5, 5.41) is 18.6. The van der Waals surface area contributed by atoms with Crippen molar-refractivity contribution < 1.29 is 15.0 Å². The van der Waals surface area contributed by atoms with E-state index in [1.165, 1.54) is 12.1 Å². The molecule has 0 spiro atoms. The van der Waals surface area contributed by atoms with Crippen LogP contribution in [0.25, 0.3) is 5.69 Å².